The van der Waals surface area contributed by atoms with Crippen LogP contribution in [-0.4, -0.2) is 142 Å². The van der Waals surface area contributed by atoms with Crippen LogP contribution in [0.25, 0.3) is 11.1 Å². The largest absolute Gasteiger partial charge is 0.379 e. The zero-order valence-electron chi connectivity index (χ0n) is 38.1. The zero-order valence-corrected chi connectivity index (χ0v) is 42.1. The van der Waals surface area contributed by atoms with Crippen LogP contribution >= 0.6 is 23.2 Å². The number of sulfonamides is 2. The second-order valence-corrected chi connectivity index (χ2v) is 22.3. The van der Waals surface area contributed by atoms with E-state index in [0.717, 1.165) is 47.3 Å². The molecule has 0 fully saturated rings. The number of halogens is 2. The van der Waals surface area contributed by atoms with Crippen LogP contribution in [0, 0.1) is 0 Å². The molecule has 67 heavy (non-hydrogen) atoms. The number of ether oxygens (including phenoxy) is 6. The van der Waals surface area contributed by atoms with Crippen LogP contribution in [0.1, 0.15) is 48.8 Å². The molecular formula is C47H63Cl2N3O12S3. The molecule has 0 saturated carbocycles. The Bertz CT molecular complexity index is 2460. The molecule has 4 aromatic rings. The van der Waals surface area contributed by atoms with Crippen LogP contribution in [0.3, 0.4) is 0 Å². The van der Waals surface area contributed by atoms with Crippen molar-refractivity contribution < 1.29 is 53.7 Å². The van der Waals surface area contributed by atoms with Crippen molar-refractivity contribution >= 4 is 53.1 Å². The smallest absolute Gasteiger partial charge is 0.240 e. The van der Waals surface area contributed by atoms with E-state index in [1.54, 1.807) is 60.7 Å². The van der Waals surface area contributed by atoms with Gasteiger partial charge in [-0.2, -0.15) is 0 Å². The van der Waals surface area contributed by atoms with Gasteiger partial charge < -0.3 is 33.3 Å². The van der Waals surface area contributed by atoms with Gasteiger partial charge >= 0.3 is 0 Å². The van der Waals surface area contributed by atoms with Crippen molar-refractivity contribution in [3.8, 4) is 11.1 Å². The number of hydrogen-bond donors (Lipinski definition) is 2. The van der Waals surface area contributed by atoms with Crippen LogP contribution in [0.15, 0.2) is 99.6 Å². The van der Waals surface area contributed by atoms with Gasteiger partial charge in [-0.25, -0.2) is 34.7 Å². The lowest BCUT2D eigenvalue weighted by Gasteiger charge is -2.33. The molecule has 1 atom stereocenters. The first-order valence-electron chi connectivity index (χ1n) is 22.4. The summed E-state index contributed by atoms with van der Waals surface area (Å²) >= 11 is 12.8. The molecular weight excluding hydrogens is 966 g/mol. The summed E-state index contributed by atoms with van der Waals surface area (Å²) in [4.78, 5) is 2.59. The Balaban J connectivity index is 0.901. The summed E-state index contributed by atoms with van der Waals surface area (Å²) in [7, 11) is -9.10. The number of unbranched alkanes of at least 4 members (excludes halogenated alkanes) is 1. The van der Waals surface area contributed by atoms with Crippen LogP contribution in [0.4, 0.5) is 0 Å². The highest BCUT2D eigenvalue weighted by Crippen LogP contribution is 2.39. The molecule has 0 aromatic heterocycles. The molecule has 1 heterocycles. The molecule has 0 spiro atoms. The summed E-state index contributed by atoms with van der Waals surface area (Å²) in [5.74, 6) is -0.146. The Hall–Kier alpha value is -3.05. The third kappa shape index (κ3) is 18.0. The lowest BCUT2D eigenvalue weighted by atomic mass is 9.85. The Kier molecular flexibility index (Phi) is 22.9. The van der Waals surface area contributed by atoms with Gasteiger partial charge in [-0.1, -0.05) is 72.9 Å². The predicted octanol–water partition coefficient (Wildman–Crippen LogP) is 6.56. The SMILES string of the molecule is CCCCOCCOCCOCCCS(=O)(=O)c1ccc(-c2ccc(S(=O)(=O)NCCOCCOCCOCCNS(=O)(=O)c3cccc(C4CN(C)Cc5c(Cl)cc(Cl)cc54)c3)cc2)cc1. The third-order valence-electron chi connectivity index (χ3n) is 10.7. The monoisotopic (exact) mass is 1030 g/mol. The fourth-order valence-corrected chi connectivity index (χ4v) is 11.1. The highest BCUT2D eigenvalue weighted by Gasteiger charge is 2.28. The molecule has 15 nitrogen and oxygen atoms in total. The number of hydrogen-bond acceptors (Lipinski definition) is 13. The van der Waals surface area contributed by atoms with Crippen LogP contribution in [-0.2, 0) is 64.8 Å². The summed E-state index contributed by atoms with van der Waals surface area (Å²) in [6.45, 7) is 7.75. The first-order chi connectivity index (χ1) is 32.2. The van der Waals surface area contributed by atoms with Crippen molar-refractivity contribution in [1.82, 2.24) is 14.3 Å². The van der Waals surface area contributed by atoms with Gasteiger partial charge in [-0.05, 0) is 96.2 Å². The Morgan fingerprint density at radius 1 is 0.582 bits per heavy atom. The molecule has 0 saturated heterocycles. The van der Waals surface area contributed by atoms with E-state index < -0.39 is 29.9 Å². The van der Waals surface area contributed by atoms with Gasteiger partial charge in [-0.15, -0.1) is 0 Å². The summed E-state index contributed by atoms with van der Waals surface area (Å²) in [6.07, 6.45) is 2.47. The second-order valence-electron chi connectivity index (χ2n) is 15.8. The molecule has 1 aliphatic heterocycles. The molecule has 4 aromatic carbocycles. The Morgan fingerprint density at radius 2 is 1.07 bits per heavy atom. The molecule has 20 heteroatoms. The van der Waals surface area contributed by atoms with Gasteiger partial charge in [0, 0.05) is 55.4 Å². The fourth-order valence-electron chi connectivity index (χ4n) is 7.17. The second kappa shape index (κ2) is 28.0. The van der Waals surface area contributed by atoms with Gasteiger partial charge in [0.15, 0.2) is 9.84 Å². The summed E-state index contributed by atoms with van der Waals surface area (Å²) in [6, 6.07) is 23.3. The Labute approximate surface area is 406 Å². The predicted molar refractivity (Wildman–Crippen MR) is 260 cm³/mol. The van der Waals surface area contributed by atoms with E-state index in [1.165, 1.54) is 12.1 Å². The van der Waals surface area contributed by atoms with E-state index in [0.29, 0.717) is 62.6 Å². The standard InChI is InChI=1S/C47H63Cl2N3O12S3/c1-3-4-19-59-23-27-63-28-24-60-20-6-31-65(53,54)41-13-9-37(10-14-41)38-11-15-42(16-12-38)66(55,56)50-17-21-61-25-29-64-30-26-62-22-18-51-67(57,58)43-8-5-7-39(32-43)45-35-52(2)36-46-44(45)33-40(48)34-47(46)49/h5,7-16,32-34,45,50-51H,3-4,6,17-31,35-36H2,1-2H3. The quantitative estimate of drug-likeness (QED) is 0.0502. The molecule has 1 unspecified atom stereocenters. The summed E-state index contributed by atoms with van der Waals surface area (Å²) in [5.41, 5.74) is 4.30. The number of nitrogens with zero attached hydrogens (tertiary/aromatic N) is 1. The Morgan fingerprint density at radius 3 is 1.63 bits per heavy atom. The molecule has 0 bridgehead atoms. The molecule has 5 rings (SSSR count). The third-order valence-corrected chi connectivity index (χ3v) is 16.0. The molecule has 1 aliphatic rings. The van der Waals surface area contributed by atoms with Crippen molar-refractivity contribution in [2.45, 2.75) is 53.3 Å². The minimum absolute atomic E-state index is 0.0490. The molecule has 0 aliphatic carbocycles. The van der Waals surface area contributed by atoms with E-state index in [-0.39, 0.29) is 79.1 Å². The normalized spacial score (nSPS) is 14.7. The number of likely N-dealkylation sites (N-methyl/N-ethyl adjacent to an activating group) is 1. The van der Waals surface area contributed by atoms with Gasteiger partial charge in [-0.3, -0.25) is 0 Å². The number of rotatable bonds is 32. The van der Waals surface area contributed by atoms with E-state index in [2.05, 4.69) is 21.3 Å². The number of benzene rings is 4. The fraction of sp³-hybridized carbons (Fsp3) is 0.489. The minimum Gasteiger partial charge on any atom is -0.379 e. The highest BCUT2D eigenvalue weighted by molar-refractivity contribution is 7.91. The summed E-state index contributed by atoms with van der Waals surface area (Å²) in [5, 5.41) is 1.13. The van der Waals surface area contributed by atoms with Crippen molar-refractivity contribution in [1.29, 1.82) is 0 Å². The minimum atomic E-state index is -3.80. The molecule has 370 valence electrons. The average molecular weight is 1030 g/mol. The maximum absolute atomic E-state index is 13.1. The highest BCUT2D eigenvalue weighted by atomic mass is 35.5. The van der Waals surface area contributed by atoms with E-state index in [1.807, 2.05) is 19.2 Å². The zero-order chi connectivity index (χ0) is 48.1. The average Bonchev–Trinajstić information content (AvgIpc) is 3.31. The van der Waals surface area contributed by atoms with Crippen molar-refractivity contribution in [2.24, 2.45) is 0 Å². The van der Waals surface area contributed by atoms with Crippen molar-refractivity contribution in [3.05, 3.63) is 112 Å². The lowest BCUT2D eigenvalue weighted by molar-refractivity contribution is 0.0143. The van der Waals surface area contributed by atoms with Crippen LogP contribution in [0.2, 0.25) is 10.0 Å². The maximum Gasteiger partial charge on any atom is 0.240 e. The van der Waals surface area contributed by atoms with Crippen molar-refractivity contribution in [2.75, 3.05) is 112 Å². The van der Waals surface area contributed by atoms with E-state index in [4.69, 9.17) is 51.6 Å². The van der Waals surface area contributed by atoms with Gasteiger partial charge in [0.2, 0.25) is 20.0 Å². The topological polar surface area (TPSA) is 185 Å². The maximum atomic E-state index is 13.1. The lowest BCUT2D eigenvalue weighted by Crippen LogP contribution is -2.31. The molecule has 0 radical (unpaired) electrons. The number of nitrogens with one attached hydrogen (secondary N) is 2. The first-order valence-corrected chi connectivity index (χ1v) is 27.7. The molecule has 2 N–H and O–H groups in total. The van der Waals surface area contributed by atoms with Crippen molar-refractivity contribution in [3.63, 3.8) is 0 Å². The van der Waals surface area contributed by atoms with Gasteiger partial charge in [0.25, 0.3) is 0 Å². The van der Waals surface area contributed by atoms with Crippen LogP contribution in [0.5, 0.6) is 0 Å². The van der Waals surface area contributed by atoms with E-state index in [9.17, 15) is 25.3 Å². The number of fused-ring (bicyclic) bond motifs is 1. The first kappa shape index (κ1) is 54.9. The number of sulfone groups is 1. The van der Waals surface area contributed by atoms with Crippen LogP contribution < -0.4 is 9.44 Å². The summed E-state index contributed by atoms with van der Waals surface area (Å²) < 4.78 is 116. The van der Waals surface area contributed by atoms with E-state index >= 15 is 0 Å². The molecule has 0 amide bonds. The van der Waals surface area contributed by atoms with Gasteiger partial charge in [0.1, 0.15) is 0 Å². The van der Waals surface area contributed by atoms with Gasteiger partial charge in [0.05, 0.1) is 86.5 Å².